The summed E-state index contributed by atoms with van der Waals surface area (Å²) in [7, 11) is 1.79. The summed E-state index contributed by atoms with van der Waals surface area (Å²) in [6.07, 6.45) is 2.98. The van der Waals surface area contributed by atoms with Crippen LogP contribution < -0.4 is 10.2 Å². The highest BCUT2D eigenvalue weighted by molar-refractivity contribution is 6.30. The molecule has 0 aliphatic carbocycles. The first kappa shape index (κ1) is 21.8. The predicted molar refractivity (Wildman–Crippen MR) is 119 cm³/mol. The lowest BCUT2D eigenvalue weighted by Crippen LogP contribution is -2.34. The molecule has 0 saturated carbocycles. The zero-order valence-corrected chi connectivity index (χ0v) is 18.4. The smallest absolute Gasteiger partial charge is 0.231 e. The Morgan fingerprint density at radius 1 is 1.16 bits per heavy atom. The van der Waals surface area contributed by atoms with Gasteiger partial charge in [-0.1, -0.05) is 29.8 Å². The van der Waals surface area contributed by atoms with Crippen LogP contribution >= 0.6 is 11.6 Å². The van der Waals surface area contributed by atoms with Crippen molar-refractivity contribution in [3.05, 3.63) is 64.2 Å². The number of halogens is 1. The molecule has 2 aromatic carbocycles. The maximum Gasteiger partial charge on any atom is 0.231 e. The van der Waals surface area contributed by atoms with E-state index in [2.05, 4.69) is 5.32 Å². The molecule has 31 heavy (non-hydrogen) atoms. The minimum Gasteiger partial charge on any atom is -0.356 e. The standard InChI is InChI=1S/C24H27ClN2O4/c1-27-21-10-7-19(15-18(21)16-23(27)29)24(30-13-14-31-24)11-12-26-22(28)4-2-3-17-5-8-20(25)9-6-17/h5-10,15H,2-4,11-14,16H2,1H3,(H,26,28). The summed E-state index contributed by atoms with van der Waals surface area (Å²) in [6.45, 7) is 1.46. The van der Waals surface area contributed by atoms with Crippen LogP contribution in [0.3, 0.4) is 0 Å². The number of likely N-dealkylation sites (N-methyl/N-ethyl adjacent to an activating group) is 1. The van der Waals surface area contributed by atoms with E-state index in [1.807, 2.05) is 42.5 Å². The lowest BCUT2D eigenvalue weighted by atomic mass is 9.98. The molecule has 0 spiro atoms. The molecule has 1 N–H and O–H groups in total. The minimum absolute atomic E-state index is 0.0169. The molecule has 6 nitrogen and oxygen atoms in total. The third-order valence-electron chi connectivity index (χ3n) is 5.91. The average molecular weight is 443 g/mol. The van der Waals surface area contributed by atoms with Gasteiger partial charge in [-0.05, 0) is 48.2 Å². The Morgan fingerprint density at radius 2 is 1.90 bits per heavy atom. The van der Waals surface area contributed by atoms with Crippen LogP contribution in [-0.2, 0) is 37.7 Å². The van der Waals surface area contributed by atoms with E-state index in [0.717, 1.165) is 29.7 Å². The molecule has 2 amide bonds. The monoisotopic (exact) mass is 442 g/mol. The molecule has 2 aliphatic heterocycles. The second-order valence-corrected chi connectivity index (χ2v) is 8.44. The largest absolute Gasteiger partial charge is 0.356 e. The molecule has 1 saturated heterocycles. The number of carbonyl (C=O) groups is 2. The number of carbonyl (C=O) groups excluding carboxylic acids is 2. The molecule has 1 fully saturated rings. The summed E-state index contributed by atoms with van der Waals surface area (Å²) in [4.78, 5) is 25.9. The third-order valence-corrected chi connectivity index (χ3v) is 6.16. The summed E-state index contributed by atoms with van der Waals surface area (Å²) < 4.78 is 12.0. The Morgan fingerprint density at radius 3 is 2.65 bits per heavy atom. The summed E-state index contributed by atoms with van der Waals surface area (Å²) in [6, 6.07) is 13.6. The van der Waals surface area contributed by atoms with Crippen molar-refractivity contribution in [3.8, 4) is 0 Å². The van der Waals surface area contributed by atoms with Crippen LogP contribution in [-0.4, -0.2) is 38.6 Å². The van der Waals surface area contributed by atoms with E-state index in [0.29, 0.717) is 44.0 Å². The molecule has 7 heteroatoms. The molecule has 164 valence electrons. The second kappa shape index (κ2) is 9.39. The lowest BCUT2D eigenvalue weighted by Gasteiger charge is -2.28. The van der Waals surface area contributed by atoms with Crippen LogP contribution in [0.25, 0.3) is 0 Å². The second-order valence-electron chi connectivity index (χ2n) is 8.00. The van der Waals surface area contributed by atoms with E-state index in [1.54, 1.807) is 11.9 Å². The number of benzene rings is 2. The van der Waals surface area contributed by atoms with E-state index in [9.17, 15) is 9.59 Å². The number of ether oxygens (including phenoxy) is 2. The number of amides is 2. The molecule has 2 aromatic rings. The zero-order valence-electron chi connectivity index (χ0n) is 17.7. The Hall–Kier alpha value is -2.41. The van der Waals surface area contributed by atoms with Gasteiger partial charge in [0.1, 0.15) is 0 Å². The predicted octanol–water partition coefficient (Wildman–Crippen LogP) is 3.59. The van der Waals surface area contributed by atoms with Gasteiger partial charge in [0, 0.05) is 42.7 Å². The van der Waals surface area contributed by atoms with Crippen molar-refractivity contribution in [2.24, 2.45) is 0 Å². The summed E-state index contributed by atoms with van der Waals surface area (Å²) in [5, 5.41) is 3.70. The topological polar surface area (TPSA) is 67.9 Å². The summed E-state index contributed by atoms with van der Waals surface area (Å²) in [5.41, 5.74) is 3.97. The molecule has 0 unspecified atom stereocenters. The van der Waals surface area contributed by atoms with Gasteiger partial charge in [0.05, 0.1) is 19.6 Å². The molecular formula is C24H27ClN2O4. The number of fused-ring (bicyclic) bond motifs is 1. The number of hydrogen-bond donors (Lipinski definition) is 1. The molecule has 0 radical (unpaired) electrons. The van der Waals surface area contributed by atoms with Crippen molar-refractivity contribution in [3.63, 3.8) is 0 Å². The Labute approximate surface area is 187 Å². The lowest BCUT2D eigenvalue weighted by molar-refractivity contribution is -0.170. The van der Waals surface area contributed by atoms with Crippen LogP contribution in [0.2, 0.25) is 5.02 Å². The fourth-order valence-electron chi connectivity index (χ4n) is 4.18. The molecule has 0 bridgehead atoms. The van der Waals surface area contributed by atoms with Gasteiger partial charge in [-0.2, -0.15) is 0 Å². The first-order valence-electron chi connectivity index (χ1n) is 10.7. The van der Waals surface area contributed by atoms with Crippen molar-refractivity contribution < 1.29 is 19.1 Å². The Balaban J connectivity index is 1.30. The van der Waals surface area contributed by atoms with E-state index < -0.39 is 5.79 Å². The normalized spacial score (nSPS) is 17.1. The molecule has 0 aromatic heterocycles. The Bertz CT molecular complexity index is 955. The maximum absolute atomic E-state index is 12.3. The molecular weight excluding hydrogens is 416 g/mol. The van der Waals surface area contributed by atoms with Crippen molar-refractivity contribution in [1.29, 1.82) is 0 Å². The van der Waals surface area contributed by atoms with E-state index >= 15 is 0 Å². The fraction of sp³-hybridized carbons (Fsp3) is 0.417. The van der Waals surface area contributed by atoms with Gasteiger partial charge in [-0.3, -0.25) is 9.59 Å². The molecule has 0 atom stereocenters. The number of anilines is 1. The van der Waals surface area contributed by atoms with Gasteiger partial charge in [0.2, 0.25) is 11.8 Å². The fourth-order valence-corrected chi connectivity index (χ4v) is 4.30. The van der Waals surface area contributed by atoms with Gasteiger partial charge in [-0.25, -0.2) is 0 Å². The van der Waals surface area contributed by atoms with Gasteiger partial charge in [-0.15, -0.1) is 0 Å². The number of nitrogens with one attached hydrogen (secondary N) is 1. The van der Waals surface area contributed by atoms with Crippen LogP contribution in [0.15, 0.2) is 42.5 Å². The van der Waals surface area contributed by atoms with E-state index in [-0.39, 0.29) is 11.8 Å². The highest BCUT2D eigenvalue weighted by Crippen LogP contribution is 2.38. The first-order chi connectivity index (χ1) is 15.0. The van der Waals surface area contributed by atoms with Gasteiger partial charge in [0.15, 0.2) is 5.79 Å². The Kier molecular flexibility index (Phi) is 6.60. The zero-order chi connectivity index (χ0) is 21.8. The van der Waals surface area contributed by atoms with Crippen molar-refractivity contribution in [1.82, 2.24) is 5.32 Å². The number of rotatable bonds is 8. The molecule has 4 rings (SSSR count). The third kappa shape index (κ3) is 4.92. The molecule has 2 heterocycles. The van der Waals surface area contributed by atoms with Crippen molar-refractivity contribution in [2.45, 2.75) is 37.9 Å². The van der Waals surface area contributed by atoms with Crippen LogP contribution in [0.1, 0.15) is 36.0 Å². The van der Waals surface area contributed by atoms with Gasteiger partial charge < -0.3 is 19.7 Å². The number of nitrogens with zero attached hydrogens (tertiary/aromatic N) is 1. The van der Waals surface area contributed by atoms with Crippen molar-refractivity contribution >= 4 is 29.1 Å². The number of hydrogen-bond acceptors (Lipinski definition) is 4. The number of aryl methyl sites for hydroxylation is 1. The highest BCUT2D eigenvalue weighted by Gasteiger charge is 2.39. The van der Waals surface area contributed by atoms with Crippen LogP contribution in [0.5, 0.6) is 0 Å². The summed E-state index contributed by atoms with van der Waals surface area (Å²) in [5.74, 6) is -0.779. The van der Waals surface area contributed by atoms with E-state index in [4.69, 9.17) is 21.1 Å². The quantitative estimate of drug-likeness (QED) is 0.678. The summed E-state index contributed by atoms with van der Waals surface area (Å²) >= 11 is 5.90. The average Bonchev–Trinajstić information content (AvgIpc) is 3.35. The van der Waals surface area contributed by atoms with E-state index in [1.165, 1.54) is 5.56 Å². The highest BCUT2D eigenvalue weighted by atomic mass is 35.5. The van der Waals surface area contributed by atoms with Crippen LogP contribution in [0, 0.1) is 0 Å². The molecule has 2 aliphatic rings. The van der Waals surface area contributed by atoms with Gasteiger partial charge >= 0.3 is 0 Å². The van der Waals surface area contributed by atoms with Crippen molar-refractivity contribution in [2.75, 3.05) is 31.7 Å². The first-order valence-corrected chi connectivity index (χ1v) is 11.0. The SMILES string of the molecule is CN1C(=O)Cc2cc(C3(CCNC(=O)CCCc4ccc(Cl)cc4)OCCO3)ccc21. The van der Waals surface area contributed by atoms with Crippen LogP contribution in [0.4, 0.5) is 5.69 Å². The van der Waals surface area contributed by atoms with Gasteiger partial charge in [0.25, 0.3) is 0 Å². The maximum atomic E-state index is 12.3. The minimum atomic E-state index is -0.879.